The first-order chi connectivity index (χ1) is 7.22. The maximum absolute atomic E-state index is 11.1. The van der Waals surface area contributed by atoms with Crippen molar-refractivity contribution in [3.63, 3.8) is 0 Å². The average Bonchev–Trinajstić information content (AvgIpc) is 2.27. The van der Waals surface area contributed by atoms with Crippen LogP contribution in [-0.2, 0) is 11.3 Å². The van der Waals surface area contributed by atoms with E-state index in [0.29, 0.717) is 6.54 Å². The summed E-state index contributed by atoms with van der Waals surface area (Å²) < 4.78 is 4.82. The van der Waals surface area contributed by atoms with Gasteiger partial charge in [-0.05, 0) is 12.5 Å². The van der Waals surface area contributed by atoms with Crippen LogP contribution in [0.25, 0.3) is 0 Å². The van der Waals surface area contributed by atoms with Gasteiger partial charge in [-0.25, -0.2) is 4.79 Å². The van der Waals surface area contributed by atoms with Crippen LogP contribution in [-0.4, -0.2) is 23.9 Å². The molecular weight excluding hydrogens is 194 g/mol. The molecule has 1 rings (SSSR count). The number of aliphatic hydroxyl groups is 1. The van der Waals surface area contributed by atoms with Gasteiger partial charge in [0, 0.05) is 6.54 Å². The second kappa shape index (κ2) is 6.03. The predicted octanol–water partition coefficient (Wildman–Crippen LogP) is 1.29. The van der Waals surface area contributed by atoms with E-state index >= 15 is 0 Å². The minimum atomic E-state index is -0.514. The number of ether oxygens (including phenoxy) is 1. The fraction of sp³-hybridized carbons (Fsp3) is 0.364. The maximum Gasteiger partial charge on any atom is 0.407 e. The third kappa shape index (κ3) is 4.46. The molecule has 2 N–H and O–H groups in total. The Morgan fingerprint density at radius 1 is 1.47 bits per heavy atom. The molecule has 0 fully saturated rings. The zero-order valence-electron chi connectivity index (χ0n) is 8.64. The van der Waals surface area contributed by atoms with E-state index in [1.165, 1.54) is 0 Å². The van der Waals surface area contributed by atoms with Crippen molar-refractivity contribution in [2.45, 2.75) is 19.6 Å². The Bertz CT molecular complexity index is 300. The summed E-state index contributed by atoms with van der Waals surface area (Å²) in [6, 6.07) is 9.54. The van der Waals surface area contributed by atoms with E-state index < -0.39 is 12.2 Å². The topological polar surface area (TPSA) is 58.6 Å². The fourth-order valence-corrected chi connectivity index (χ4v) is 1.03. The van der Waals surface area contributed by atoms with Crippen LogP contribution >= 0.6 is 0 Å². The summed E-state index contributed by atoms with van der Waals surface area (Å²) in [4.78, 5) is 11.1. The van der Waals surface area contributed by atoms with Gasteiger partial charge >= 0.3 is 6.09 Å². The number of rotatable bonds is 4. The highest BCUT2D eigenvalue weighted by molar-refractivity contribution is 5.67. The number of amides is 1. The lowest BCUT2D eigenvalue weighted by Gasteiger charge is -2.11. The molecule has 0 aliphatic rings. The van der Waals surface area contributed by atoms with E-state index in [2.05, 4.69) is 5.32 Å². The van der Waals surface area contributed by atoms with Gasteiger partial charge in [-0.3, -0.25) is 0 Å². The summed E-state index contributed by atoms with van der Waals surface area (Å²) in [5.74, 6) is 0. The quantitative estimate of drug-likeness (QED) is 0.785. The fourth-order valence-electron chi connectivity index (χ4n) is 1.03. The molecule has 15 heavy (non-hydrogen) atoms. The van der Waals surface area contributed by atoms with E-state index in [0.717, 1.165) is 5.56 Å². The van der Waals surface area contributed by atoms with Crippen molar-refractivity contribution in [3.8, 4) is 0 Å². The van der Waals surface area contributed by atoms with Gasteiger partial charge in [0.05, 0.1) is 6.61 Å². The van der Waals surface area contributed by atoms with Gasteiger partial charge in [0.1, 0.15) is 6.10 Å². The summed E-state index contributed by atoms with van der Waals surface area (Å²) in [6.45, 7) is 1.89. The smallest absolute Gasteiger partial charge is 0.407 e. The molecule has 0 heterocycles. The lowest BCUT2D eigenvalue weighted by atomic mass is 10.2. The minimum absolute atomic E-state index is 0.168. The second-order valence-corrected chi connectivity index (χ2v) is 3.24. The molecular formula is C11H15NO3. The third-order valence-electron chi connectivity index (χ3n) is 1.85. The van der Waals surface area contributed by atoms with Crippen molar-refractivity contribution in [1.29, 1.82) is 0 Å². The zero-order valence-corrected chi connectivity index (χ0v) is 8.64. The Hall–Kier alpha value is -1.55. The van der Waals surface area contributed by atoms with Gasteiger partial charge in [-0.15, -0.1) is 0 Å². The van der Waals surface area contributed by atoms with Crippen LogP contribution in [0.3, 0.4) is 0 Å². The molecule has 0 radical (unpaired) electrons. The monoisotopic (exact) mass is 209 g/mol. The number of nitrogens with one attached hydrogen (secondary N) is 1. The van der Waals surface area contributed by atoms with Gasteiger partial charge in [-0.2, -0.15) is 0 Å². The number of aliphatic hydroxyl groups excluding tert-OH is 1. The van der Waals surface area contributed by atoms with Crippen LogP contribution in [0.1, 0.15) is 12.5 Å². The lowest BCUT2D eigenvalue weighted by Crippen LogP contribution is -2.28. The van der Waals surface area contributed by atoms with Crippen LogP contribution in [0.2, 0.25) is 0 Å². The van der Waals surface area contributed by atoms with Gasteiger partial charge in [0.2, 0.25) is 0 Å². The predicted molar refractivity (Wildman–Crippen MR) is 56.3 cm³/mol. The number of hydrogen-bond acceptors (Lipinski definition) is 3. The molecule has 1 aromatic rings. The summed E-state index contributed by atoms with van der Waals surface area (Å²) in [6.07, 6.45) is -0.985. The minimum Gasteiger partial charge on any atom is -0.444 e. The Balaban J connectivity index is 2.29. The molecule has 1 atom stereocenters. The van der Waals surface area contributed by atoms with E-state index in [1.54, 1.807) is 6.92 Å². The molecule has 1 amide bonds. The average molecular weight is 209 g/mol. The highest BCUT2D eigenvalue weighted by Gasteiger charge is 2.06. The molecule has 1 unspecified atom stereocenters. The molecule has 0 spiro atoms. The highest BCUT2D eigenvalue weighted by Crippen LogP contribution is 1.98. The number of benzene rings is 1. The van der Waals surface area contributed by atoms with Crippen LogP contribution in [0.5, 0.6) is 0 Å². The Kier molecular flexibility index (Phi) is 4.63. The van der Waals surface area contributed by atoms with Crippen molar-refractivity contribution >= 4 is 6.09 Å². The lowest BCUT2D eigenvalue weighted by molar-refractivity contribution is 0.0678. The largest absolute Gasteiger partial charge is 0.444 e. The molecule has 0 aliphatic carbocycles. The second-order valence-electron chi connectivity index (χ2n) is 3.24. The first-order valence-electron chi connectivity index (χ1n) is 4.81. The zero-order chi connectivity index (χ0) is 11.1. The van der Waals surface area contributed by atoms with Crippen molar-refractivity contribution in [1.82, 2.24) is 5.32 Å². The summed E-state index contributed by atoms with van der Waals surface area (Å²) >= 11 is 0. The molecule has 0 aliphatic heterocycles. The Labute approximate surface area is 88.9 Å². The third-order valence-corrected chi connectivity index (χ3v) is 1.85. The van der Waals surface area contributed by atoms with Crippen molar-refractivity contribution in [2.75, 3.05) is 6.61 Å². The molecule has 0 saturated heterocycles. The molecule has 0 aromatic heterocycles. The molecule has 1 aromatic carbocycles. The number of carbonyl (C=O) groups is 1. The van der Waals surface area contributed by atoms with E-state index in [1.807, 2.05) is 30.3 Å². The van der Waals surface area contributed by atoms with Gasteiger partial charge in [0.15, 0.2) is 0 Å². The van der Waals surface area contributed by atoms with Crippen LogP contribution in [0.4, 0.5) is 4.79 Å². The van der Waals surface area contributed by atoms with Crippen molar-refractivity contribution in [3.05, 3.63) is 35.9 Å². The standard InChI is InChI=1S/C11H15NO3/c1-9(8-13)15-11(14)12-7-10-5-3-2-4-6-10/h2-6,9,13H,7-8H2,1H3,(H,12,14). The molecule has 0 saturated carbocycles. The van der Waals surface area contributed by atoms with Gasteiger partial charge in [0.25, 0.3) is 0 Å². The molecule has 0 bridgehead atoms. The number of alkyl carbamates (subject to hydrolysis) is 1. The summed E-state index contributed by atoms with van der Waals surface area (Å²) in [7, 11) is 0. The van der Waals surface area contributed by atoms with Crippen LogP contribution < -0.4 is 5.32 Å². The molecule has 82 valence electrons. The number of hydrogen-bond donors (Lipinski definition) is 2. The summed E-state index contributed by atoms with van der Waals surface area (Å²) in [5, 5.41) is 11.3. The van der Waals surface area contributed by atoms with Crippen LogP contribution in [0.15, 0.2) is 30.3 Å². The molecule has 4 heteroatoms. The summed E-state index contributed by atoms with van der Waals surface area (Å²) in [5.41, 5.74) is 1.01. The van der Waals surface area contributed by atoms with Crippen molar-refractivity contribution in [2.24, 2.45) is 0 Å². The Morgan fingerprint density at radius 2 is 2.13 bits per heavy atom. The first-order valence-corrected chi connectivity index (χ1v) is 4.81. The van der Waals surface area contributed by atoms with E-state index in [-0.39, 0.29) is 6.61 Å². The SMILES string of the molecule is CC(CO)OC(=O)NCc1ccccc1. The Morgan fingerprint density at radius 3 is 2.73 bits per heavy atom. The molecule has 4 nitrogen and oxygen atoms in total. The van der Waals surface area contributed by atoms with Gasteiger partial charge in [-0.1, -0.05) is 30.3 Å². The normalized spacial score (nSPS) is 11.9. The first kappa shape index (κ1) is 11.5. The van der Waals surface area contributed by atoms with Crippen molar-refractivity contribution < 1.29 is 14.6 Å². The number of carbonyl (C=O) groups excluding carboxylic acids is 1. The van der Waals surface area contributed by atoms with Gasteiger partial charge < -0.3 is 15.2 Å². The van der Waals surface area contributed by atoms with E-state index in [4.69, 9.17) is 9.84 Å². The highest BCUT2D eigenvalue weighted by atomic mass is 16.6. The van der Waals surface area contributed by atoms with Crippen LogP contribution in [0, 0.1) is 0 Å². The van der Waals surface area contributed by atoms with E-state index in [9.17, 15) is 4.79 Å². The maximum atomic E-state index is 11.1.